The van der Waals surface area contributed by atoms with Crippen molar-refractivity contribution in [3.8, 4) is 0 Å². The molecular formula is C19H25N3O4. The molecule has 1 heterocycles. The molecule has 1 aromatic carbocycles. The number of anilines is 1. The van der Waals surface area contributed by atoms with Crippen molar-refractivity contribution >= 4 is 23.6 Å². The minimum absolute atomic E-state index is 0.0875. The minimum Gasteiger partial charge on any atom is -0.444 e. The van der Waals surface area contributed by atoms with E-state index >= 15 is 0 Å². The lowest BCUT2D eigenvalue weighted by molar-refractivity contribution is 0.0114. The summed E-state index contributed by atoms with van der Waals surface area (Å²) < 4.78 is 5.42. The Morgan fingerprint density at radius 2 is 1.88 bits per heavy atom. The molecule has 140 valence electrons. The molecule has 2 aliphatic rings. The fourth-order valence-electron chi connectivity index (χ4n) is 3.74. The number of hydrogen-bond donors (Lipinski definition) is 2. The van der Waals surface area contributed by atoms with Crippen LogP contribution >= 0.6 is 0 Å². The molecule has 0 saturated carbocycles. The molecule has 1 fully saturated rings. The zero-order chi connectivity index (χ0) is 19.1. The molecule has 3 amide bonds. The number of likely N-dealkylation sites (tertiary alicyclic amines) is 1. The molecule has 1 aliphatic heterocycles. The van der Waals surface area contributed by atoms with Crippen LogP contribution in [0.1, 0.15) is 49.5 Å². The fraction of sp³-hybridized carbons (Fsp3) is 0.526. The number of ketones is 1. The Labute approximate surface area is 152 Å². The van der Waals surface area contributed by atoms with Gasteiger partial charge in [-0.3, -0.25) is 4.79 Å². The number of hydrogen-bond acceptors (Lipinski definition) is 4. The Hall–Kier alpha value is -2.57. The first-order valence-corrected chi connectivity index (χ1v) is 8.82. The zero-order valence-electron chi connectivity index (χ0n) is 15.4. The van der Waals surface area contributed by atoms with Crippen molar-refractivity contribution in [2.75, 3.05) is 18.4 Å². The predicted octanol–water partition coefficient (Wildman–Crippen LogP) is 2.93. The van der Waals surface area contributed by atoms with Gasteiger partial charge in [0, 0.05) is 29.8 Å². The summed E-state index contributed by atoms with van der Waals surface area (Å²) in [5.74, 6) is 0.0875. The highest BCUT2D eigenvalue weighted by Crippen LogP contribution is 2.45. The van der Waals surface area contributed by atoms with E-state index in [2.05, 4.69) is 5.32 Å². The van der Waals surface area contributed by atoms with E-state index in [9.17, 15) is 14.4 Å². The van der Waals surface area contributed by atoms with Gasteiger partial charge in [0.25, 0.3) is 0 Å². The quantitative estimate of drug-likeness (QED) is 0.805. The lowest BCUT2D eigenvalue weighted by atomic mass is 9.75. The van der Waals surface area contributed by atoms with Gasteiger partial charge in [0.1, 0.15) is 5.60 Å². The average Bonchev–Trinajstić information content (AvgIpc) is 2.78. The second-order valence-electron chi connectivity index (χ2n) is 8.11. The summed E-state index contributed by atoms with van der Waals surface area (Å²) in [6.45, 7) is 6.52. The normalized spacial score (nSPS) is 18.6. The maximum absolute atomic E-state index is 13.0. The highest BCUT2D eigenvalue weighted by molar-refractivity contribution is 6.06. The topological polar surface area (TPSA) is 102 Å². The van der Waals surface area contributed by atoms with E-state index in [1.165, 1.54) is 0 Å². The third kappa shape index (κ3) is 3.52. The number of nitrogens with one attached hydrogen (secondary N) is 1. The maximum Gasteiger partial charge on any atom is 0.410 e. The predicted molar refractivity (Wildman–Crippen MR) is 97.2 cm³/mol. The van der Waals surface area contributed by atoms with Crippen molar-refractivity contribution < 1.29 is 19.1 Å². The number of piperidine rings is 1. The zero-order valence-corrected chi connectivity index (χ0v) is 15.4. The smallest absolute Gasteiger partial charge is 0.410 e. The van der Waals surface area contributed by atoms with E-state index in [0.29, 0.717) is 43.6 Å². The number of ether oxygens (including phenoxy) is 1. The van der Waals surface area contributed by atoms with Gasteiger partial charge in [-0.15, -0.1) is 0 Å². The van der Waals surface area contributed by atoms with Crippen molar-refractivity contribution in [1.82, 2.24) is 4.90 Å². The standard InChI is InChI=1S/C19H25N3O4/c1-18(2,3)26-17(25)22-8-6-19(7-9-22)11-12-4-5-13(21-16(20)24)10-14(12)15(19)23/h4-5,10H,6-9,11H2,1-3H3,(H3,20,21,24). The van der Waals surface area contributed by atoms with Gasteiger partial charge < -0.3 is 20.7 Å². The number of urea groups is 1. The van der Waals surface area contributed by atoms with E-state index < -0.39 is 17.0 Å². The third-order valence-corrected chi connectivity index (χ3v) is 5.00. The van der Waals surface area contributed by atoms with Crippen molar-refractivity contribution in [1.29, 1.82) is 0 Å². The molecular weight excluding hydrogens is 334 g/mol. The number of fused-ring (bicyclic) bond motifs is 1. The number of Topliss-reactive ketones (excluding diaryl/α,β-unsaturated/α-hetero) is 1. The number of benzene rings is 1. The number of nitrogens with zero attached hydrogens (tertiary/aromatic N) is 1. The molecule has 0 unspecified atom stereocenters. The van der Waals surface area contributed by atoms with Crippen molar-refractivity contribution in [3.63, 3.8) is 0 Å². The van der Waals surface area contributed by atoms with Crippen molar-refractivity contribution in [2.24, 2.45) is 11.1 Å². The molecule has 0 aromatic heterocycles. The molecule has 3 N–H and O–H groups in total. The first-order valence-electron chi connectivity index (χ1n) is 8.82. The third-order valence-electron chi connectivity index (χ3n) is 5.00. The Bertz CT molecular complexity index is 759. The van der Waals surface area contributed by atoms with Crippen LogP contribution in [-0.4, -0.2) is 41.5 Å². The Morgan fingerprint density at radius 3 is 2.46 bits per heavy atom. The first-order chi connectivity index (χ1) is 12.1. The van der Waals surface area contributed by atoms with Crippen LogP contribution < -0.4 is 11.1 Å². The van der Waals surface area contributed by atoms with Crippen LogP contribution in [0.3, 0.4) is 0 Å². The molecule has 0 bridgehead atoms. The van der Waals surface area contributed by atoms with Crippen molar-refractivity contribution in [2.45, 2.75) is 45.6 Å². The van der Waals surface area contributed by atoms with Crippen LogP contribution in [0.25, 0.3) is 0 Å². The number of primary amides is 1. The van der Waals surface area contributed by atoms with E-state index in [-0.39, 0.29) is 11.9 Å². The molecule has 0 atom stereocenters. The summed E-state index contributed by atoms with van der Waals surface area (Å²) in [6, 6.07) is 4.66. The number of carbonyl (C=O) groups excluding carboxylic acids is 3. The van der Waals surface area contributed by atoms with Gasteiger partial charge in [-0.2, -0.15) is 0 Å². The number of rotatable bonds is 1. The minimum atomic E-state index is -0.657. The van der Waals surface area contributed by atoms with Gasteiger partial charge in [0.05, 0.1) is 0 Å². The van der Waals surface area contributed by atoms with E-state index in [1.807, 2.05) is 26.8 Å². The van der Waals surface area contributed by atoms with Crippen LogP contribution in [0.2, 0.25) is 0 Å². The van der Waals surface area contributed by atoms with Crippen LogP contribution in [0.4, 0.5) is 15.3 Å². The lowest BCUT2D eigenvalue weighted by Crippen LogP contribution is -2.47. The van der Waals surface area contributed by atoms with Gasteiger partial charge >= 0.3 is 12.1 Å². The summed E-state index contributed by atoms with van der Waals surface area (Å²) >= 11 is 0. The summed E-state index contributed by atoms with van der Waals surface area (Å²) in [7, 11) is 0. The van der Waals surface area contributed by atoms with Crippen LogP contribution in [0.15, 0.2) is 18.2 Å². The van der Waals surface area contributed by atoms with E-state index in [0.717, 1.165) is 5.56 Å². The van der Waals surface area contributed by atoms with Crippen LogP contribution in [0.5, 0.6) is 0 Å². The molecule has 3 rings (SSSR count). The van der Waals surface area contributed by atoms with Gasteiger partial charge in [-0.25, -0.2) is 9.59 Å². The molecule has 1 aromatic rings. The van der Waals surface area contributed by atoms with Gasteiger partial charge in [-0.1, -0.05) is 6.07 Å². The van der Waals surface area contributed by atoms with Gasteiger partial charge in [-0.05, 0) is 57.7 Å². The monoisotopic (exact) mass is 359 g/mol. The number of amides is 3. The molecule has 7 heteroatoms. The molecule has 7 nitrogen and oxygen atoms in total. The maximum atomic E-state index is 13.0. The van der Waals surface area contributed by atoms with Gasteiger partial charge in [0.2, 0.25) is 0 Å². The second kappa shape index (κ2) is 6.30. The second-order valence-corrected chi connectivity index (χ2v) is 8.11. The number of carbonyl (C=O) groups is 3. The molecule has 1 aliphatic carbocycles. The average molecular weight is 359 g/mol. The Balaban J connectivity index is 1.70. The first kappa shape index (κ1) is 18.2. The van der Waals surface area contributed by atoms with Crippen LogP contribution in [-0.2, 0) is 11.2 Å². The molecule has 0 radical (unpaired) electrons. The molecule has 1 saturated heterocycles. The van der Waals surface area contributed by atoms with E-state index in [1.54, 1.807) is 17.0 Å². The highest BCUT2D eigenvalue weighted by Gasteiger charge is 2.48. The Morgan fingerprint density at radius 1 is 1.23 bits per heavy atom. The Kier molecular flexibility index (Phi) is 4.42. The summed E-state index contributed by atoms with van der Waals surface area (Å²) in [6.07, 6.45) is 1.56. The largest absolute Gasteiger partial charge is 0.444 e. The summed E-state index contributed by atoms with van der Waals surface area (Å²) in [4.78, 5) is 38.0. The van der Waals surface area contributed by atoms with Crippen molar-refractivity contribution in [3.05, 3.63) is 29.3 Å². The summed E-state index contributed by atoms with van der Waals surface area (Å²) in [5, 5.41) is 2.51. The number of nitrogens with two attached hydrogens (primary N) is 1. The molecule has 26 heavy (non-hydrogen) atoms. The van der Waals surface area contributed by atoms with E-state index in [4.69, 9.17) is 10.5 Å². The fourth-order valence-corrected chi connectivity index (χ4v) is 3.74. The molecule has 1 spiro atoms. The van der Waals surface area contributed by atoms with Gasteiger partial charge in [0.15, 0.2) is 5.78 Å². The SMILES string of the molecule is CC(C)(C)OC(=O)N1CCC2(CC1)Cc1ccc(NC(N)=O)cc1C2=O. The highest BCUT2D eigenvalue weighted by atomic mass is 16.6. The van der Waals surface area contributed by atoms with Crippen LogP contribution in [0, 0.1) is 5.41 Å². The lowest BCUT2D eigenvalue weighted by Gasteiger charge is -2.38. The summed E-state index contributed by atoms with van der Waals surface area (Å²) in [5.41, 5.74) is 6.29.